The third-order valence-electron chi connectivity index (χ3n) is 3.41. The zero-order valence-corrected chi connectivity index (χ0v) is 18.0. The quantitative estimate of drug-likeness (QED) is 0.448. The molecule has 0 bridgehead atoms. The summed E-state index contributed by atoms with van der Waals surface area (Å²) in [5.41, 5.74) is 0.431. The average Bonchev–Trinajstić information content (AvgIpc) is 2.87. The molecule has 1 saturated heterocycles. The molecule has 0 radical (unpaired) electrons. The minimum atomic E-state index is -0.679. The van der Waals surface area contributed by atoms with Crippen LogP contribution in [0.25, 0.3) is 6.08 Å². The first-order valence-corrected chi connectivity index (χ1v) is 9.83. The Morgan fingerprint density at radius 1 is 1.17 bits per heavy atom. The van der Waals surface area contributed by atoms with Gasteiger partial charge >= 0.3 is 11.9 Å². The first-order chi connectivity index (χ1) is 13.6. The number of amides is 2. The number of rotatable bonds is 7. The van der Waals surface area contributed by atoms with E-state index in [0.29, 0.717) is 17.3 Å². The lowest BCUT2D eigenvalue weighted by Gasteiger charge is -2.13. The zero-order chi connectivity index (χ0) is 21.7. The largest absolute Gasteiger partial charge is 0.479 e. The molecule has 1 aliphatic rings. The van der Waals surface area contributed by atoms with Crippen molar-refractivity contribution in [1.82, 2.24) is 4.90 Å². The smallest absolute Gasteiger partial charge is 0.343 e. The van der Waals surface area contributed by atoms with E-state index in [0.717, 1.165) is 4.90 Å². The average molecular weight is 462 g/mol. The van der Waals surface area contributed by atoms with Gasteiger partial charge in [-0.05, 0) is 49.4 Å². The minimum Gasteiger partial charge on any atom is -0.479 e. The molecule has 2 rings (SSSR count). The van der Waals surface area contributed by atoms with E-state index in [1.165, 1.54) is 25.3 Å². The van der Waals surface area contributed by atoms with Crippen LogP contribution < -0.4 is 4.74 Å². The number of thioether (sulfide) groups is 1. The van der Waals surface area contributed by atoms with E-state index in [-0.39, 0.29) is 33.4 Å². The highest BCUT2D eigenvalue weighted by Crippen LogP contribution is 2.37. The van der Waals surface area contributed by atoms with Gasteiger partial charge in [-0.15, -0.1) is 0 Å². The van der Waals surface area contributed by atoms with Gasteiger partial charge in [-0.25, -0.2) is 4.79 Å². The van der Waals surface area contributed by atoms with Crippen molar-refractivity contribution in [2.75, 3.05) is 20.3 Å². The summed E-state index contributed by atoms with van der Waals surface area (Å²) < 4.78 is 14.7. The molecular weight excluding hydrogens is 445 g/mol. The standard InChI is InChI=1S/C18H17Cl2NO7S/c1-9(2)28-14(22)7-21-17(24)13(29-18(21)25)6-10-4-11(19)16(12(20)5-10)27-8-15(23)26-3/h4-6,9H,7-8H2,1-3H3/b13-6+. The van der Waals surface area contributed by atoms with Crippen LogP contribution in [0.2, 0.25) is 10.0 Å². The summed E-state index contributed by atoms with van der Waals surface area (Å²) in [6.45, 7) is 2.48. The fourth-order valence-corrected chi connectivity index (χ4v) is 3.66. The summed E-state index contributed by atoms with van der Waals surface area (Å²) in [5, 5.41) is -0.378. The van der Waals surface area contributed by atoms with Crippen LogP contribution in [0.4, 0.5) is 4.79 Å². The van der Waals surface area contributed by atoms with Crippen molar-refractivity contribution in [3.8, 4) is 5.75 Å². The number of ether oxygens (including phenoxy) is 3. The molecule has 1 aromatic rings. The molecule has 0 atom stereocenters. The van der Waals surface area contributed by atoms with Gasteiger partial charge in [0.1, 0.15) is 6.54 Å². The Bertz CT molecular complexity index is 862. The van der Waals surface area contributed by atoms with E-state index in [4.69, 9.17) is 32.7 Å². The molecule has 8 nitrogen and oxygen atoms in total. The molecular formula is C18H17Cl2NO7S. The third-order valence-corrected chi connectivity index (χ3v) is 4.88. The summed E-state index contributed by atoms with van der Waals surface area (Å²) in [4.78, 5) is 48.4. The van der Waals surface area contributed by atoms with Crippen LogP contribution in [-0.4, -0.2) is 54.4 Å². The van der Waals surface area contributed by atoms with Crippen LogP contribution in [0.5, 0.6) is 5.75 Å². The second kappa shape index (κ2) is 10.00. The molecule has 0 aliphatic carbocycles. The Kier molecular flexibility index (Phi) is 7.95. The molecule has 2 amide bonds. The van der Waals surface area contributed by atoms with Crippen molar-refractivity contribution in [1.29, 1.82) is 0 Å². The van der Waals surface area contributed by atoms with Crippen LogP contribution in [0, 0.1) is 0 Å². The third kappa shape index (κ3) is 6.12. The number of imide groups is 1. The molecule has 0 N–H and O–H groups in total. The van der Waals surface area contributed by atoms with Crippen LogP contribution >= 0.6 is 35.0 Å². The van der Waals surface area contributed by atoms with E-state index < -0.39 is 29.6 Å². The molecule has 0 aromatic heterocycles. The van der Waals surface area contributed by atoms with Gasteiger partial charge in [-0.3, -0.25) is 19.3 Å². The number of nitrogens with zero attached hydrogens (tertiary/aromatic N) is 1. The normalized spacial score (nSPS) is 15.2. The van der Waals surface area contributed by atoms with Gasteiger partial charge in [-0.1, -0.05) is 23.2 Å². The fourth-order valence-electron chi connectivity index (χ4n) is 2.21. The molecule has 29 heavy (non-hydrogen) atoms. The Morgan fingerprint density at radius 3 is 2.34 bits per heavy atom. The van der Waals surface area contributed by atoms with Crippen LogP contribution in [-0.2, 0) is 23.9 Å². The molecule has 1 heterocycles. The Balaban J connectivity index is 2.17. The lowest BCUT2D eigenvalue weighted by atomic mass is 10.2. The Hall–Kier alpha value is -2.23. The van der Waals surface area contributed by atoms with Gasteiger partial charge in [0.25, 0.3) is 11.1 Å². The van der Waals surface area contributed by atoms with E-state index in [2.05, 4.69) is 4.74 Å². The molecule has 1 aromatic carbocycles. The molecule has 0 saturated carbocycles. The highest BCUT2D eigenvalue weighted by atomic mass is 35.5. The maximum Gasteiger partial charge on any atom is 0.343 e. The van der Waals surface area contributed by atoms with Crippen LogP contribution in [0.15, 0.2) is 17.0 Å². The predicted molar refractivity (Wildman–Crippen MR) is 108 cm³/mol. The molecule has 1 fully saturated rings. The molecule has 11 heteroatoms. The number of hydrogen-bond donors (Lipinski definition) is 0. The molecule has 0 unspecified atom stereocenters. The van der Waals surface area contributed by atoms with Gasteiger partial charge < -0.3 is 14.2 Å². The second-order valence-electron chi connectivity index (χ2n) is 5.98. The fraction of sp³-hybridized carbons (Fsp3) is 0.333. The first kappa shape index (κ1) is 23.1. The number of carbonyl (C=O) groups excluding carboxylic acids is 4. The lowest BCUT2D eigenvalue weighted by Crippen LogP contribution is -2.35. The van der Waals surface area contributed by atoms with Crippen molar-refractivity contribution in [3.63, 3.8) is 0 Å². The maximum absolute atomic E-state index is 12.5. The summed E-state index contributed by atoms with van der Waals surface area (Å²) >= 11 is 13.0. The highest BCUT2D eigenvalue weighted by Gasteiger charge is 2.36. The minimum absolute atomic E-state index is 0.0837. The van der Waals surface area contributed by atoms with E-state index >= 15 is 0 Å². The number of hydrogen-bond acceptors (Lipinski definition) is 8. The monoisotopic (exact) mass is 461 g/mol. The van der Waals surface area contributed by atoms with Gasteiger partial charge in [0, 0.05) is 0 Å². The Labute approximate surface area is 181 Å². The van der Waals surface area contributed by atoms with E-state index in [1.54, 1.807) is 13.8 Å². The number of esters is 2. The molecule has 156 valence electrons. The van der Waals surface area contributed by atoms with Crippen LogP contribution in [0.1, 0.15) is 19.4 Å². The van der Waals surface area contributed by atoms with Crippen molar-refractivity contribution in [2.24, 2.45) is 0 Å². The Morgan fingerprint density at radius 2 is 1.79 bits per heavy atom. The summed E-state index contributed by atoms with van der Waals surface area (Å²) in [7, 11) is 1.22. The van der Waals surface area contributed by atoms with Crippen LogP contribution in [0.3, 0.4) is 0 Å². The number of benzene rings is 1. The van der Waals surface area contributed by atoms with Crippen molar-refractivity contribution < 1.29 is 33.4 Å². The number of halogens is 2. The maximum atomic E-state index is 12.5. The first-order valence-electron chi connectivity index (χ1n) is 8.26. The summed E-state index contributed by atoms with van der Waals surface area (Å²) in [6.07, 6.45) is 1.06. The number of carbonyl (C=O) groups is 4. The van der Waals surface area contributed by atoms with E-state index in [1.807, 2.05) is 0 Å². The van der Waals surface area contributed by atoms with Crippen molar-refractivity contribution in [3.05, 3.63) is 32.6 Å². The van der Waals surface area contributed by atoms with E-state index in [9.17, 15) is 19.2 Å². The van der Waals surface area contributed by atoms with Gasteiger partial charge in [0.05, 0.1) is 28.2 Å². The highest BCUT2D eigenvalue weighted by molar-refractivity contribution is 8.18. The van der Waals surface area contributed by atoms with Gasteiger partial charge in [0.15, 0.2) is 12.4 Å². The zero-order valence-electron chi connectivity index (χ0n) is 15.7. The topological polar surface area (TPSA) is 99.2 Å². The summed E-state index contributed by atoms with van der Waals surface area (Å²) in [6, 6.07) is 2.92. The SMILES string of the molecule is COC(=O)COc1c(Cl)cc(/C=C2/SC(=O)N(CC(=O)OC(C)C)C2=O)cc1Cl. The molecule has 0 spiro atoms. The lowest BCUT2D eigenvalue weighted by molar-refractivity contribution is -0.149. The van der Waals surface area contributed by atoms with Gasteiger partial charge in [-0.2, -0.15) is 0 Å². The van der Waals surface area contributed by atoms with Crippen molar-refractivity contribution >= 4 is 64.1 Å². The summed E-state index contributed by atoms with van der Waals surface area (Å²) in [5.74, 6) is -1.83. The van der Waals surface area contributed by atoms with Gasteiger partial charge in [0.2, 0.25) is 0 Å². The second-order valence-corrected chi connectivity index (χ2v) is 7.79. The molecule has 1 aliphatic heterocycles. The van der Waals surface area contributed by atoms with Crippen molar-refractivity contribution in [2.45, 2.75) is 20.0 Å². The number of methoxy groups -OCH3 is 1. The predicted octanol–water partition coefficient (Wildman–Crippen LogP) is 3.53.